The lowest BCUT2D eigenvalue weighted by Gasteiger charge is -2.25. The van der Waals surface area contributed by atoms with Crippen molar-refractivity contribution in [1.29, 1.82) is 0 Å². The molecule has 0 saturated heterocycles. The Bertz CT molecular complexity index is 5970. The fourth-order valence-electron chi connectivity index (χ4n) is 9.45. The summed E-state index contributed by atoms with van der Waals surface area (Å²) >= 11 is 0. The van der Waals surface area contributed by atoms with E-state index in [2.05, 4.69) is 5.32 Å². The van der Waals surface area contributed by atoms with Crippen molar-refractivity contribution in [1.82, 2.24) is 23.6 Å². The third kappa shape index (κ3) is 5.57. The van der Waals surface area contributed by atoms with Crippen LogP contribution >= 0.6 is 0 Å². The van der Waals surface area contributed by atoms with Gasteiger partial charge in [0.15, 0.2) is 0 Å². The summed E-state index contributed by atoms with van der Waals surface area (Å²) in [7, 11) is 0. The Labute approximate surface area is 446 Å². The van der Waals surface area contributed by atoms with Gasteiger partial charge in [0.2, 0.25) is 12.2 Å². The third-order valence-electron chi connectivity index (χ3n) is 12.2. The van der Waals surface area contributed by atoms with Crippen LogP contribution in [-0.2, 0) is 0 Å². The second-order valence-electron chi connectivity index (χ2n) is 15.8. The molecule has 1 atom stereocenters. The van der Waals surface area contributed by atoms with Crippen molar-refractivity contribution in [3.05, 3.63) is 241 Å². The molecule has 7 nitrogen and oxygen atoms in total. The predicted molar refractivity (Wildman–Crippen MR) is 291 cm³/mol. The molecule has 14 aromatic rings. The predicted octanol–water partition coefficient (Wildman–Crippen LogP) is 15.2. The van der Waals surface area contributed by atoms with Gasteiger partial charge in [0, 0.05) is 54.2 Å². The van der Waals surface area contributed by atoms with Crippen LogP contribution in [0.4, 0.5) is 0 Å². The van der Waals surface area contributed by atoms with Crippen LogP contribution in [0, 0.1) is 0 Å². The maximum atomic E-state index is 9.58. The summed E-state index contributed by atoms with van der Waals surface area (Å²) in [5.74, 6) is -1.01. The summed E-state index contributed by atoms with van der Waals surface area (Å²) in [6, 6.07) is -15.6. The van der Waals surface area contributed by atoms with Crippen LogP contribution in [0.25, 0.3) is 110 Å². The minimum atomic E-state index is -2.09. The van der Waals surface area contributed by atoms with Crippen molar-refractivity contribution in [3.8, 4) is 22.5 Å². The van der Waals surface area contributed by atoms with Crippen LogP contribution in [0.15, 0.2) is 246 Å². The van der Waals surface area contributed by atoms with Gasteiger partial charge in [-0.1, -0.05) is 169 Å². The average molecular weight is 928 g/mol. The standard InChI is InChI=1S/C63H41N7/c1-9-29-50-42(21-1)43-22-2-10-30-51(43)67(50)58-37-18-38-59(68-52-31-11-3-23-44(52)45-24-4-12-32-53(45)68)60(58)40-19-17-20-41(39-40)61-64-62(69-54-33-13-5-25-46(54)47-26-6-14-34-55(47)69)66-63(65-61)70-56-35-15-7-27-48(56)49-28-8-16-36-57(49)70/h1-39,62H,(H,64,65,66)/i1D,2D,3D,4D,5D,6D,7D,8D,9D,10D,11D,12D,13D,14D,15D,16D,21D,22D,23D,24D,25D,26D,27D,28D,29D,30D,31D,32D,33D,34D,35D,36D. The molecule has 15 rings (SSSR count). The van der Waals surface area contributed by atoms with Crippen LogP contribution in [0.1, 0.15) is 55.7 Å². The molecule has 7 heteroatoms. The monoisotopic (exact) mass is 928 g/mol. The highest BCUT2D eigenvalue weighted by atomic mass is 15.4. The molecule has 5 heterocycles. The summed E-state index contributed by atoms with van der Waals surface area (Å²) in [4.78, 5) is 9.94. The van der Waals surface area contributed by atoms with Crippen molar-refractivity contribution in [2.24, 2.45) is 9.98 Å². The van der Waals surface area contributed by atoms with E-state index in [1.807, 2.05) is 0 Å². The summed E-state index contributed by atoms with van der Waals surface area (Å²) < 4.78 is 297. The van der Waals surface area contributed by atoms with E-state index in [0.717, 1.165) is 18.3 Å². The SMILES string of the molecule is [2H]c1c([2H])c([2H])c2c(c1[2H])c1c([2H])c([2H])c([2H])c([2H])c1n2C1=NC(n2c3c([2H])c([2H])c([2H])c([2H])c3c3c([2H])c([2H])c([2H])c([2H])c32)N=C(c2cccc(-c3c(-n4c5c([2H])c([2H])c([2H])c([2H])c5c5c([2H])c([2H])c([2H])c([2H])c54)cccc3-n3c4c([2H])c([2H])c([2H])c([2H])c4c4c([2H])c([2H])c([2H])c([2H])c43)c2)N1. The minimum Gasteiger partial charge on any atom is -0.310 e. The highest BCUT2D eigenvalue weighted by Crippen LogP contribution is 2.43. The first-order valence-electron chi connectivity index (χ1n) is 37.2. The maximum Gasteiger partial charge on any atom is 0.226 e. The van der Waals surface area contributed by atoms with Crippen molar-refractivity contribution in [2.45, 2.75) is 6.29 Å². The molecular weight excluding hydrogens is 855 g/mol. The van der Waals surface area contributed by atoms with Gasteiger partial charge in [0.1, 0.15) is 5.84 Å². The van der Waals surface area contributed by atoms with E-state index in [4.69, 9.17) is 31.9 Å². The van der Waals surface area contributed by atoms with Gasteiger partial charge in [0.05, 0.1) is 99.4 Å². The summed E-state index contributed by atoms with van der Waals surface area (Å²) in [6.07, 6.45) is -2.09. The number of amidine groups is 1. The summed E-state index contributed by atoms with van der Waals surface area (Å²) in [5.41, 5.74) is -4.51. The fourth-order valence-corrected chi connectivity index (χ4v) is 9.45. The van der Waals surface area contributed by atoms with Gasteiger partial charge < -0.3 is 14.5 Å². The molecular formula is C63H41N7. The Kier molecular flexibility index (Phi) is 4.06. The first-order chi connectivity index (χ1) is 48.0. The smallest absolute Gasteiger partial charge is 0.226 e. The van der Waals surface area contributed by atoms with Gasteiger partial charge in [-0.2, -0.15) is 0 Å². The van der Waals surface area contributed by atoms with Gasteiger partial charge in [-0.3, -0.25) is 9.13 Å². The van der Waals surface area contributed by atoms with Crippen molar-refractivity contribution >= 4 is 99.0 Å². The molecule has 10 aromatic carbocycles. The zero-order valence-corrected chi connectivity index (χ0v) is 35.3. The second-order valence-corrected chi connectivity index (χ2v) is 15.8. The Hall–Kier alpha value is -9.46. The fraction of sp³-hybridized carbons (Fsp3) is 0.0159. The van der Waals surface area contributed by atoms with Crippen molar-refractivity contribution in [3.63, 3.8) is 0 Å². The number of para-hydroxylation sites is 8. The number of aromatic nitrogens is 4. The Morgan fingerprint density at radius 1 is 0.357 bits per heavy atom. The van der Waals surface area contributed by atoms with E-state index >= 15 is 0 Å². The molecule has 1 aliphatic rings. The Morgan fingerprint density at radius 3 is 1.10 bits per heavy atom. The topological polar surface area (TPSA) is 56.5 Å². The largest absolute Gasteiger partial charge is 0.310 e. The van der Waals surface area contributed by atoms with Gasteiger partial charge in [0.25, 0.3) is 0 Å². The molecule has 1 aliphatic heterocycles. The van der Waals surface area contributed by atoms with Crippen molar-refractivity contribution in [2.75, 3.05) is 0 Å². The number of benzene rings is 10. The van der Waals surface area contributed by atoms with E-state index < -0.39 is 277 Å². The number of hydrogen-bond acceptors (Lipinski definition) is 3. The van der Waals surface area contributed by atoms with E-state index in [-0.39, 0.29) is 49.6 Å². The highest BCUT2D eigenvalue weighted by Gasteiger charge is 2.28. The highest BCUT2D eigenvalue weighted by molar-refractivity contribution is 6.19. The van der Waals surface area contributed by atoms with Crippen molar-refractivity contribution < 1.29 is 43.9 Å². The number of aliphatic imine (C=N–C) groups is 2. The molecule has 0 radical (unpaired) electrons. The van der Waals surface area contributed by atoms with E-state index in [9.17, 15) is 21.9 Å². The molecule has 0 fully saturated rings. The van der Waals surface area contributed by atoms with Gasteiger partial charge >= 0.3 is 0 Å². The number of nitrogens with zero attached hydrogens (tertiary/aromatic N) is 6. The molecule has 328 valence electrons. The average Bonchev–Trinajstić information content (AvgIpc) is 1.56. The van der Waals surface area contributed by atoms with Crippen LogP contribution in [-0.4, -0.2) is 30.1 Å². The zero-order chi connectivity index (χ0) is 73.7. The lowest BCUT2D eigenvalue weighted by molar-refractivity contribution is 0.571. The number of fused-ring (bicyclic) bond motifs is 12. The Morgan fingerprint density at radius 2 is 0.686 bits per heavy atom. The lowest BCUT2D eigenvalue weighted by Crippen LogP contribution is -2.40. The van der Waals surface area contributed by atoms with Crippen LogP contribution in [0.3, 0.4) is 0 Å². The number of hydrogen-bond donors (Lipinski definition) is 1. The lowest BCUT2D eigenvalue weighted by atomic mass is 9.98. The molecule has 0 saturated carbocycles. The van der Waals surface area contributed by atoms with E-state index in [1.54, 1.807) is 0 Å². The van der Waals surface area contributed by atoms with E-state index in [0.29, 0.717) is 0 Å². The molecule has 1 unspecified atom stereocenters. The maximum absolute atomic E-state index is 9.58. The third-order valence-corrected chi connectivity index (χ3v) is 12.2. The normalized spacial score (nSPS) is 20.5. The molecule has 1 N–H and O–H groups in total. The Balaban J connectivity index is 1.13. The summed E-state index contributed by atoms with van der Waals surface area (Å²) in [6.45, 7) is 0. The van der Waals surface area contributed by atoms with Gasteiger partial charge in [-0.15, -0.1) is 0 Å². The first-order valence-corrected chi connectivity index (χ1v) is 21.2. The quantitative estimate of drug-likeness (QED) is 0.184. The molecule has 70 heavy (non-hydrogen) atoms. The number of nitrogens with one attached hydrogen (secondary N) is 1. The zero-order valence-electron chi connectivity index (χ0n) is 67.3. The van der Waals surface area contributed by atoms with Gasteiger partial charge in [-0.05, 0) is 72.1 Å². The molecule has 0 amide bonds. The molecule has 0 spiro atoms. The second kappa shape index (κ2) is 15.0. The summed E-state index contributed by atoms with van der Waals surface area (Å²) in [5, 5.41) is -0.200. The molecule has 4 aromatic heterocycles. The van der Waals surface area contributed by atoms with E-state index in [1.165, 1.54) is 42.5 Å². The molecule has 0 aliphatic carbocycles. The minimum absolute atomic E-state index is 0.0725. The van der Waals surface area contributed by atoms with Crippen LogP contribution < -0.4 is 5.32 Å². The van der Waals surface area contributed by atoms with Gasteiger partial charge in [-0.25, -0.2) is 9.98 Å². The van der Waals surface area contributed by atoms with Crippen LogP contribution in [0.2, 0.25) is 0 Å². The number of rotatable bonds is 5. The molecule has 0 bridgehead atoms. The van der Waals surface area contributed by atoms with Crippen LogP contribution in [0.5, 0.6) is 0 Å². The first kappa shape index (κ1) is 18.9.